The maximum atomic E-state index is 2.18. The van der Waals surface area contributed by atoms with Crippen molar-refractivity contribution in [3.8, 4) is 0 Å². The molecule has 0 unspecified atom stereocenters. The molecule has 0 nitrogen and oxygen atoms in total. The van der Waals surface area contributed by atoms with Crippen molar-refractivity contribution in [2.75, 3.05) is 0 Å². The van der Waals surface area contributed by atoms with Gasteiger partial charge in [0.25, 0.3) is 0 Å². The van der Waals surface area contributed by atoms with Crippen LogP contribution in [0, 0.1) is 0 Å². The molecule has 0 fully saturated rings. The average Bonchev–Trinajstić information content (AvgIpc) is 1.91. The Hall–Kier alpha value is 0. The van der Waals surface area contributed by atoms with Crippen molar-refractivity contribution in [1.29, 1.82) is 0 Å². The third-order valence-electron chi connectivity index (χ3n) is 0.500. The molecule has 0 N–H and O–H groups in total. The first-order valence-electron chi connectivity index (χ1n) is 4.74. The zero-order chi connectivity index (χ0) is 8.83. The summed E-state index contributed by atoms with van der Waals surface area (Å²) >= 11 is 0. The molecule has 0 heteroatoms. The Bertz CT molecular complexity index is 12.0. The van der Waals surface area contributed by atoms with Gasteiger partial charge in [0.05, 0.1) is 0 Å². The molecule has 0 atom stereocenters. The van der Waals surface area contributed by atoms with Crippen molar-refractivity contribution >= 4 is 0 Å². The van der Waals surface area contributed by atoms with Crippen LogP contribution >= 0.6 is 0 Å². The first-order valence-corrected chi connectivity index (χ1v) is 4.74. The van der Waals surface area contributed by atoms with E-state index >= 15 is 0 Å². The summed E-state index contributed by atoms with van der Waals surface area (Å²) < 4.78 is 0. The molecule has 0 aliphatic carbocycles. The normalized spacial score (nSPS) is 6.00. The average molecular weight is 162 g/mol. The van der Waals surface area contributed by atoms with Gasteiger partial charge in [0.1, 0.15) is 0 Å². The Balaban J connectivity index is -0.0000000325. The zero-order valence-corrected chi connectivity index (χ0v) is 8.83. The van der Waals surface area contributed by atoms with Gasteiger partial charge in [0, 0.05) is 0 Å². The van der Waals surface area contributed by atoms with Crippen molar-refractivity contribution in [2.45, 2.75) is 74.7 Å². The van der Waals surface area contributed by atoms with Crippen LogP contribution in [-0.2, 0) is 0 Å². The Kier molecular flexibility index (Phi) is 103. The summed E-state index contributed by atoms with van der Waals surface area (Å²) in [5.41, 5.74) is 0. The minimum Gasteiger partial charge on any atom is -0.0776 e. The number of unbranched alkanes of at least 4 members (excludes halogenated alkanes) is 1. The molecule has 0 saturated carbocycles. The van der Waals surface area contributed by atoms with E-state index in [4.69, 9.17) is 0 Å². The van der Waals surface area contributed by atoms with Crippen LogP contribution in [-0.4, -0.2) is 0 Å². The summed E-state index contributed by atoms with van der Waals surface area (Å²) in [6, 6.07) is 0. The fourth-order valence-electron chi connectivity index (χ4n) is 0. The van der Waals surface area contributed by atoms with Crippen LogP contribution in [0.4, 0.5) is 0 Å². The van der Waals surface area contributed by atoms with E-state index in [2.05, 4.69) is 41.5 Å². The van der Waals surface area contributed by atoms with Gasteiger partial charge in [-0.05, 0) is 0 Å². The first-order chi connectivity index (χ1) is 4.74. The van der Waals surface area contributed by atoms with Gasteiger partial charge in [-0.25, -0.2) is 0 Å². The lowest BCUT2D eigenvalue weighted by molar-refractivity contribution is 0.886. The molecule has 74 valence electrons. The molecule has 0 aromatic heterocycles. The van der Waals surface area contributed by atoms with Gasteiger partial charge >= 0.3 is 0 Å². The minimum absolute atomic E-state index is 0. The molecular formula is C11H30. The van der Waals surface area contributed by atoms with Crippen molar-refractivity contribution in [1.82, 2.24) is 0 Å². The highest BCUT2D eigenvalue weighted by molar-refractivity contribution is 4.12. The molecule has 0 aromatic carbocycles. The molecule has 0 aliphatic rings. The summed E-state index contributed by atoms with van der Waals surface area (Å²) in [5.74, 6) is 0. The Labute approximate surface area is 75.4 Å². The van der Waals surface area contributed by atoms with Gasteiger partial charge in [-0.15, -0.1) is 0 Å². The summed E-state index contributed by atoms with van der Waals surface area (Å²) in [4.78, 5) is 0. The highest BCUT2D eigenvalue weighted by Gasteiger charge is 1.56. The van der Waals surface area contributed by atoms with Crippen molar-refractivity contribution in [3.63, 3.8) is 0 Å². The van der Waals surface area contributed by atoms with Gasteiger partial charge in [0.15, 0.2) is 0 Å². The Morgan fingerprint density at radius 2 is 0.636 bits per heavy atom. The smallest absolute Gasteiger partial charge is 0.0564 e. The molecule has 0 amide bonds. The SMILES string of the molecule is C.CCC.CCC.CCCC. The lowest BCUT2D eigenvalue weighted by Crippen LogP contribution is -1.47. The van der Waals surface area contributed by atoms with Crippen LogP contribution < -0.4 is 0 Å². The zero-order valence-electron chi connectivity index (χ0n) is 8.83. The van der Waals surface area contributed by atoms with Gasteiger partial charge in [0.2, 0.25) is 0 Å². The largest absolute Gasteiger partial charge is 0.0776 e. The van der Waals surface area contributed by atoms with Crippen LogP contribution in [0.5, 0.6) is 0 Å². The molecule has 0 spiro atoms. The fourth-order valence-corrected chi connectivity index (χ4v) is 0. The summed E-state index contributed by atoms with van der Waals surface area (Å²) in [6.07, 6.45) is 5.14. The lowest BCUT2D eigenvalue weighted by Gasteiger charge is -1.68. The summed E-state index contributed by atoms with van der Waals surface area (Å²) in [6.45, 7) is 12.9. The summed E-state index contributed by atoms with van der Waals surface area (Å²) in [7, 11) is 0. The van der Waals surface area contributed by atoms with Crippen LogP contribution in [0.2, 0.25) is 0 Å². The number of hydrogen-bond donors (Lipinski definition) is 0. The van der Waals surface area contributed by atoms with E-state index in [9.17, 15) is 0 Å². The lowest BCUT2D eigenvalue weighted by atomic mass is 10.4. The molecule has 0 rings (SSSR count). The predicted octanol–water partition coefficient (Wildman–Crippen LogP) is 5.28. The van der Waals surface area contributed by atoms with Gasteiger partial charge in [-0.2, -0.15) is 0 Å². The van der Waals surface area contributed by atoms with Crippen LogP contribution in [0.3, 0.4) is 0 Å². The van der Waals surface area contributed by atoms with Crippen LogP contribution in [0.25, 0.3) is 0 Å². The maximum absolute atomic E-state index is 2.18. The Morgan fingerprint density at radius 3 is 0.636 bits per heavy atom. The van der Waals surface area contributed by atoms with Crippen LogP contribution in [0.15, 0.2) is 0 Å². The van der Waals surface area contributed by atoms with E-state index in [0.29, 0.717) is 0 Å². The third-order valence-corrected chi connectivity index (χ3v) is 0.500. The highest BCUT2D eigenvalue weighted by Crippen LogP contribution is 1.76. The van der Waals surface area contributed by atoms with E-state index in [1.54, 1.807) is 0 Å². The summed E-state index contributed by atoms with van der Waals surface area (Å²) in [5, 5.41) is 0. The molecule has 0 saturated heterocycles. The fraction of sp³-hybridized carbons (Fsp3) is 1.00. The Morgan fingerprint density at radius 1 is 0.545 bits per heavy atom. The van der Waals surface area contributed by atoms with E-state index in [-0.39, 0.29) is 7.43 Å². The van der Waals surface area contributed by atoms with Gasteiger partial charge in [-0.3, -0.25) is 0 Å². The topological polar surface area (TPSA) is 0 Å². The van der Waals surface area contributed by atoms with E-state index in [1.807, 2.05) is 0 Å². The monoisotopic (exact) mass is 162 g/mol. The molecule has 0 aliphatic heterocycles. The second-order valence-electron chi connectivity index (χ2n) is 2.41. The number of rotatable bonds is 1. The van der Waals surface area contributed by atoms with Crippen molar-refractivity contribution < 1.29 is 0 Å². The molecule has 0 heterocycles. The van der Waals surface area contributed by atoms with Crippen molar-refractivity contribution in [3.05, 3.63) is 0 Å². The first kappa shape index (κ1) is 22.4. The highest BCUT2D eigenvalue weighted by atomic mass is 13.6. The quantitative estimate of drug-likeness (QED) is 0.492. The molecule has 0 radical (unpaired) electrons. The van der Waals surface area contributed by atoms with Gasteiger partial charge < -0.3 is 0 Å². The standard InChI is InChI=1S/C4H10.2C3H8.CH4/c1-3-4-2;2*1-3-2;/h3-4H2,1-2H3;2*3H2,1-2H3;1H4. The van der Waals surface area contributed by atoms with E-state index < -0.39 is 0 Å². The predicted molar refractivity (Wildman–Crippen MR) is 59.2 cm³/mol. The van der Waals surface area contributed by atoms with Gasteiger partial charge in [-0.1, -0.05) is 74.7 Å². The third kappa shape index (κ3) is 640. The second-order valence-corrected chi connectivity index (χ2v) is 2.41. The molecule has 0 bridgehead atoms. The van der Waals surface area contributed by atoms with Crippen LogP contribution in [0.1, 0.15) is 74.7 Å². The van der Waals surface area contributed by atoms with Crippen molar-refractivity contribution in [2.24, 2.45) is 0 Å². The molecular weight excluding hydrogens is 132 g/mol. The maximum Gasteiger partial charge on any atom is -0.0564 e. The minimum atomic E-state index is 0. The van der Waals surface area contributed by atoms with E-state index in [0.717, 1.165) is 0 Å². The second kappa shape index (κ2) is 50.6. The molecule has 11 heavy (non-hydrogen) atoms. The molecule has 0 aromatic rings. The van der Waals surface area contributed by atoms with E-state index in [1.165, 1.54) is 25.7 Å². The number of hydrogen-bond acceptors (Lipinski definition) is 0.